The van der Waals surface area contributed by atoms with E-state index < -0.39 is 5.41 Å². The molecule has 0 aromatic carbocycles. The lowest BCUT2D eigenvalue weighted by atomic mass is 9.79. The largest absolute Gasteiger partial charge is 0.337 e. The van der Waals surface area contributed by atoms with E-state index in [1.165, 1.54) is 0 Å². The van der Waals surface area contributed by atoms with Crippen LogP contribution in [0.1, 0.15) is 52.4 Å². The number of hydrogen-bond donors (Lipinski definition) is 0. The van der Waals surface area contributed by atoms with Gasteiger partial charge < -0.3 is 9.80 Å². The van der Waals surface area contributed by atoms with Gasteiger partial charge in [-0.2, -0.15) is 5.26 Å². The lowest BCUT2D eigenvalue weighted by Crippen LogP contribution is -2.56. The number of carbonyl (C=O) groups is 2. The summed E-state index contributed by atoms with van der Waals surface area (Å²) in [6, 6.07) is 2.47. The molecule has 0 bridgehead atoms. The molecule has 2 fully saturated rings. The summed E-state index contributed by atoms with van der Waals surface area (Å²) in [6.45, 7) is 5.82. The molecule has 1 atom stereocenters. The van der Waals surface area contributed by atoms with Crippen LogP contribution in [0.2, 0.25) is 0 Å². The SMILES string of the molecule is CCCC(C#N)(CCC)C(=O)N1CCN2C(=O)CCC2C1. The van der Waals surface area contributed by atoms with Crippen molar-refractivity contribution in [3.63, 3.8) is 0 Å². The average Bonchev–Trinajstić information content (AvgIpc) is 2.87. The van der Waals surface area contributed by atoms with Gasteiger partial charge in [-0.1, -0.05) is 26.7 Å². The molecule has 0 aromatic rings. The maximum absolute atomic E-state index is 12.9. The fourth-order valence-corrected chi connectivity index (χ4v) is 3.70. The molecule has 5 heteroatoms. The molecule has 0 radical (unpaired) electrons. The number of fused-ring (bicyclic) bond motifs is 1. The number of hydrogen-bond acceptors (Lipinski definition) is 3. The Morgan fingerprint density at radius 3 is 2.57 bits per heavy atom. The molecule has 116 valence electrons. The summed E-state index contributed by atoms with van der Waals surface area (Å²) in [6.07, 6.45) is 4.35. The van der Waals surface area contributed by atoms with Crippen LogP contribution in [0.15, 0.2) is 0 Å². The van der Waals surface area contributed by atoms with Crippen molar-refractivity contribution >= 4 is 11.8 Å². The van der Waals surface area contributed by atoms with Crippen LogP contribution in [0.3, 0.4) is 0 Å². The van der Waals surface area contributed by atoms with Crippen molar-refractivity contribution in [2.75, 3.05) is 19.6 Å². The second-order valence-corrected chi connectivity index (χ2v) is 6.22. The van der Waals surface area contributed by atoms with E-state index >= 15 is 0 Å². The summed E-state index contributed by atoms with van der Waals surface area (Å²) < 4.78 is 0. The van der Waals surface area contributed by atoms with Gasteiger partial charge in [-0.25, -0.2) is 0 Å². The van der Waals surface area contributed by atoms with Crippen LogP contribution in [-0.2, 0) is 9.59 Å². The molecule has 0 spiro atoms. The van der Waals surface area contributed by atoms with Crippen LogP contribution in [0.4, 0.5) is 0 Å². The number of piperazine rings is 1. The van der Waals surface area contributed by atoms with E-state index in [9.17, 15) is 14.9 Å². The Morgan fingerprint density at radius 1 is 1.33 bits per heavy atom. The van der Waals surface area contributed by atoms with Gasteiger partial charge in [0.2, 0.25) is 11.8 Å². The van der Waals surface area contributed by atoms with Crippen molar-refractivity contribution in [1.82, 2.24) is 9.80 Å². The summed E-state index contributed by atoms with van der Waals surface area (Å²) in [5.74, 6) is 0.188. The average molecular weight is 291 g/mol. The summed E-state index contributed by atoms with van der Waals surface area (Å²) in [5.41, 5.74) is -0.867. The highest BCUT2D eigenvalue weighted by molar-refractivity contribution is 5.86. The molecule has 2 rings (SSSR count). The predicted octanol–water partition coefficient (Wildman–Crippen LogP) is 1.93. The van der Waals surface area contributed by atoms with Crippen LogP contribution < -0.4 is 0 Å². The van der Waals surface area contributed by atoms with Crippen LogP contribution in [0, 0.1) is 16.7 Å². The monoisotopic (exact) mass is 291 g/mol. The van der Waals surface area contributed by atoms with E-state index in [1.807, 2.05) is 23.6 Å². The molecule has 2 saturated heterocycles. The van der Waals surface area contributed by atoms with Crippen molar-refractivity contribution in [3.05, 3.63) is 0 Å². The second kappa shape index (κ2) is 6.46. The van der Waals surface area contributed by atoms with Gasteiger partial charge in [0, 0.05) is 32.1 Å². The lowest BCUT2D eigenvalue weighted by Gasteiger charge is -2.40. The number of nitrogens with zero attached hydrogens (tertiary/aromatic N) is 3. The molecule has 0 aromatic heterocycles. The molecule has 0 saturated carbocycles. The third kappa shape index (κ3) is 2.90. The molecule has 2 aliphatic rings. The Kier molecular flexibility index (Phi) is 4.87. The van der Waals surface area contributed by atoms with Crippen molar-refractivity contribution < 1.29 is 9.59 Å². The highest BCUT2D eigenvalue weighted by Gasteiger charge is 2.44. The zero-order chi connectivity index (χ0) is 15.5. The molecule has 1 unspecified atom stereocenters. The number of amides is 2. The van der Waals surface area contributed by atoms with Gasteiger partial charge in [0.15, 0.2) is 0 Å². The Hall–Kier alpha value is -1.57. The maximum atomic E-state index is 12.9. The highest BCUT2D eigenvalue weighted by atomic mass is 16.2. The minimum absolute atomic E-state index is 0.0206. The van der Waals surface area contributed by atoms with Gasteiger partial charge in [-0.15, -0.1) is 0 Å². The minimum atomic E-state index is -0.867. The maximum Gasteiger partial charge on any atom is 0.243 e. The zero-order valence-electron chi connectivity index (χ0n) is 13.1. The van der Waals surface area contributed by atoms with Gasteiger partial charge in [-0.05, 0) is 19.3 Å². The zero-order valence-corrected chi connectivity index (χ0v) is 13.1. The first-order valence-corrected chi connectivity index (χ1v) is 8.08. The van der Waals surface area contributed by atoms with Gasteiger partial charge in [0.1, 0.15) is 5.41 Å². The molecule has 5 nitrogen and oxygen atoms in total. The van der Waals surface area contributed by atoms with Gasteiger partial charge in [0.25, 0.3) is 0 Å². The van der Waals surface area contributed by atoms with Crippen LogP contribution in [-0.4, -0.2) is 47.3 Å². The third-order valence-electron chi connectivity index (χ3n) is 4.76. The van der Waals surface area contributed by atoms with Crippen LogP contribution in [0.5, 0.6) is 0 Å². The van der Waals surface area contributed by atoms with Crippen LogP contribution >= 0.6 is 0 Å². The van der Waals surface area contributed by atoms with E-state index in [1.54, 1.807) is 0 Å². The second-order valence-electron chi connectivity index (χ2n) is 6.22. The van der Waals surface area contributed by atoms with E-state index in [0.717, 1.165) is 19.3 Å². The van der Waals surface area contributed by atoms with E-state index in [4.69, 9.17) is 0 Å². The summed E-state index contributed by atoms with van der Waals surface area (Å²) in [7, 11) is 0. The normalized spacial score (nSPS) is 22.1. The Labute approximate surface area is 126 Å². The van der Waals surface area contributed by atoms with Crippen molar-refractivity contribution in [2.45, 2.75) is 58.4 Å². The summed E-state index contributed by atoms with van der Waals surface area (Å²) in [4.78, 5) is 28.3. The topological polar surface area (TPSA) is 64.4 Å². The Bertz CT molecular complexity index is 449. The standard InChI is InChI=1S/C16H25N3O2/c1-3-7-16(12-17,8-4-2)15(21)18-9-10-19-13(11-18)5-6-14(19)20/h13H,3-11H2,1-2H3. The first-order chi connectivity index (χ1) is 10.1. The molecule has 0 aliphatic carbocycles. The predicted molar refractivity (Wildman–Crippen MR) is 79.2 cm³/mol. The minimum Gasteiger partial charge on any atom is -0.337 e. The van der Waals surface area contributed by atoms with Gasteiger partial charge in [-0.3, -0.25) is 9.59 Å². The van der Waals surface area contributed by atoms with Crippen molar-refractivity contribution in [1.29, 1.82) is 5.26 Å². The molecular formula is C16H25N3O2. The van der Waals surface area contributed by atoms with E-state index in [2.05, 4.69) is 6.07 Å². The van der Waals surface area contributed by atoms with Crippen molar-refractivity contribution in [3.8, 4) is 6.07 Å². The van der Waals surface area contributed by atoms with E-state index in [0.29, 0.717) is 38.9 Å². The fourth-order valence-electron chi connectivity index (χ4n) is 3.70. The van der Waals surface area contributed by atoms with Gasteiger partial charge in [0.05, 0.1) is 6.07 Å². The summed E-state index contributed by atoms with van der Waals surface area (Å²) in [5, 5.41) is 9.61. The molecule has 2 amide bonds. The molecule has 0 N–H and O–H groups in total. The molecule has 2 heterocycles. The first kappa shape index (κ1) is 15.8. The molecule has 2 aliphatic heterocycles. The highest BCUT2D eigenvalue weighted by Crippen LogP contribution is 2.33. The quantitative estimate of drug-likeness (QED) is 0.777. The van der Waals surface area contributed by atoms with E-state index in [-0.39, 0.29) is 17.9 Å². The van der Waals surface area contributed by atoms with Crippen LogP contribution in [0.25, 0.3) is 0 Å². The van der Waals surface area contributed by atoms with Crippen molar-refractivity contribution in [2.24, 2.45) is 5.41 Å². The number of nitriles is 1. The third-order valence-corrected chi connectivity index (χ3v) is 4.76. The van der Waals surface area contributed by atoms with Gasteiger partial charge >= 0.3 is 0 Å². The Balaban J connectivity index is 2.11. The Morgan fingerprint density at radius 2 is 2.00 bits per heavy atom. The molecular weight excluding hydrogens is 266 g/mol. The number of rotatable bonds is 5. The molecule has 21 heavy (non-hydrogen) atoms. The lowest BCUT2D eigenvalue weighted by molar-refractivity contribution is -0.145. The first-order valence-electron chi connectivity index (χ1n) is 8.08. The number of carbonyl (C=O) groups excluding carboxylic acids is 2. The fraction of sp³-hybridized carbons (Fsp3) is 0.812. The smallest absolute Gasteiger partial charge is 0.243 e. The summed E-state index contributed by atoms with van der Waals surface area (Å²) >= 11 is 0.